The van der Waals surface area contributed by atoms with Gasteiger partial charge in [0, 0.05) is 11.8 Å². The van der Waals surface area contributed by atoms with Crippen LogP contribution in [0.3, 0.4) is 0 Å². The first-order chi connectivity index (χ1) is 11.0. The molecule has 4 nitrogen and oxygen atoms in total. The average molecular weight is 321 g/mol. The summed E-state index contributed by atoms with van der Waals surface area (Å²) in [6.07, 6.45) is 0. The van der Waals surface area contributed by atoms with Crippen LogP contribution in [0.4, 0.5) is 18.9 Å². The third kappa shape index (κ3) is 1.96. The van der Waals surface area contributed by atoms with Gasteiger partial charge in [-0.1, -0.05) is 12.1 Å². The Hall–Kier alpha value is -2.70. The van der Waals surface area contributed by atoms with Gasteiger partial charge in [-0.05, 0) is 29.8 Å². The smallest absolute Gasteiger partial charge is 0.349 e. The Balaban J connectivity index is 1.76. The molecule has 0 aromatic heterocycles. The number of ether oxygens (including phenoxy) is 2. The second kappa shape index (κ2) is 4.65. The highest BCUT2D eigenvalue weighted by atomic mass is 19.3. The molecule has 0 saturated carbocycles. The Bertz CT molecular complexity index is 809. The molecule has 0 unspecified atom stereocenters. The van der Waals surface area contributed by atoms with Crippen LogP contribution in [-0.2, 0) is 4.79 Å². The van der Waals surface area contributed by atoms with Gasteiger partial charge in [0.05, 0.1) is 0 Å². The van der Waals surface area contributed by atoms with Gasteiger partial charge in [0.25, 0.3) is 0 Å². The predicted octanol–water partition coefficient (Wildman–Crippen LogP) is 3.28. The number of anilines is 1. The highest BCUT2D eigenvalue weighted by Gasteiger charge is 2.64. The fraction of sp³-hybridized carbons (Fsp3) is 0.188. The lowest BCUT2D eigenvalue weighted by atomic mass is 9.89. The summed E-state index contributed by atoms with van der Waals surface area (Å²) in [5.74, 6) is -4.68. The van der Waals surface area contributed by atoms with Gasteiger partial charge in [-0.15, -0.1) is 0 Å². The van der Waals surface area contributed by atoms with E-state index < -0.39 is 23.7 Å². The van der Waals surface area contributed by atoms with E-state index in [9.17, 15) is 18.0 Å². The number of halogens is 3. The number of benzene rings is 2. The number of carbonyl (C=O) groups is 1. The van der Waals surface area contributed by atoms with E-state index in [1.54, 1.807) is 6.07 Å². The van der Waals surface area contributed by atoms with Crippen LogP contribution in [0.5, 0.6) is 11.5 Å². The number of hydrogen-bond acceptors (Lipinski definition) is 3. The van der Waals surface area contributed by atoms with Gasteiger partial charge in [0.15, 0.2) is 11.5 Å². The number of rotatable bonds is 2. The van der Waals surface area contributed by atoms with Crippen molar-refractivity contribution in [3.63, 3.8) is 0 Å². The summed E-state index contributed by atoms with van der Waals surface area (Å²) in [5.41, 5.74) is 0.284. The Morgan fingerprint density at radius 1 is 1.09 bits per heavy atom. The van der Waals surface area contributed by atoms with Crippen LogP contribution in [0.2, 0.25) is 0 Å². The summed E-state index contributed by atoms with van der Waals surface area (Å²) in [6.45, 7) is 0.0379. The number of amides is 1. The van der Waals surface area contributed by atoms with Crippen molar-refractivity contribution < 1.29 is 27.4 Å². The van der Waals surface area contributed by atoms with E-state index in [4.69, 9.17) is 9.47 Å². The molecule has 4 rings (SSSR count). The zero-order valence-corrected chi connectivity index (χ0v) is 11.6. The summed E-state index contributed by atoms with van der Waals surface area (Å²) in [7, 11) is 0. The van der Waals surface area contributed by atoms with Gasteiger partial charge >= 0.3 is 11.8 Å². The zero-order chi connectivity index (χ0) is 16.2. The largest absolute Gasteiger partial charge is 0.454 e. The Labute approximate surface area is 129 Å². The Morgan fingerprint density at radius 3 is 2.65 bits per heavy atom. The highest BCUT2D eigenvalue weighted by Crippen LogP contribution is 2.51. The second-order valence-electron chi connectivity index (χ2n) is 5.29. The third-order valence-corrected chi connectivity index (χ3v) is 3.90. The van der Waals surface area contributed by atoms with Gasteiger partial charge < -0.3 is 9.47 Å². The lowest BCUT2D eigenvalue weighted by Gasteiger charge is -2.46. The first kappa shape index (κ1) is 13.9. The minimum Gasteiger partial charge on any atom is -0.454 e. The number of nitrogens with zero attached hydrogens (tertiary/aromatic N) is 1. The molecule has 0 radical (unpaired) electrons. The molecule has 1 fully saturated rings. The summed E-state index contributed by atoms with van der Waals surface area (Å²) in [6, 6.07) is 7.82. The van der Waals surface area contributed by atoms with Crippen LogP contribution in [0.1, 0.15) is 11.6 Å². The number of hydrogen-bond donors (Lipinski definition) is 0. The SMILES string of the molecule is O=C1N(c2ccc3c(c2)OCO3)[C@H](c2cccc(F)c2)C1(F)F. The van der Waals surface area contributed by atoms with Crippen molar-refractivity contribution >= 4 is 11.6 Å². The average Bonchev–Trinajstić information content (AvgIpc) is 2.99. The molecule has 1 saturated heterocycles. The maximum Gasteiger partial charge on any atom is 0.349 e. The number of alkyl halides is 2. The molecular weight excluding hydrogens is 311 g/mol. The van der Waals surface area contributed by atoms with Gasteiger partial charge in [-0.25, -0.2) is 4.39 Å². The fourth-order valence-corrected chi connectivity index (χ4v) is 2.83. The van der Waals surface area contributed by atoms with Gasteiger partial charge in [0.2, 0.25) is 6.79 Å². The van der Waals surface area contributed by atoms with Crippen LogP contribution in [0, 0.1) is 5.82 Å². The molecule has 7 heteroatoms. The van der Waals surface area contributed by atoms with E-state index in [-0.39, 0.29) is 18.0 Å². The molecule has 1 atom stereocenters. The molecule has 0 aliphatic carbocycles. The maximum atomic E-state index is 14.1. The third-order valence-electron chi connectivity index (χ3n) is 3.90. The maximum absolute atomic E-state index is 14.1. The van der Waals surface area contributed by atoms with Crippen molar-refractivity contribution in [2.45, 2.75) is 12.0 Å². The van der Waals surface area contributed by atoms with Crippen molar-refractivity contribution in [2.75, 3.05) is 11.7 Å². The molecule has 23 heavy (non-hydrogen) atoms. The van der Waals surface area contributed by atoms with Gasteiger partial charge in [-0.2, -0.15) is 8.78 Å². The lowest BCUT2D eigenvalue weighted by molar-refractivity contribution is -0.162. The lowest BCUT2D eigenvalue weighted by Crippen LogP contribution is -2.64. The Kier molecular flexibility index (Phi) is 2.81. The minimum absolute atomic E-state index is 0.0345. The van der Waals surface area contributed by atoms with Gasteiger partial charge in [0.1, 0.15) is 11.9 Å². The van der Waals surface area contributed by atoms with E-state index in [0.29, 0.717) is 11.5 Å². The highest BCUT2D eigenvalue weighted by molar-refractivity contribution is 6.07. The molecule has 0 bridgehead atoms. The minimum atomic E-state index is -3.58. The molecule has 2 heterocycles. The van der Waals surface area contributed by atoms with Crippen LogP contribution < -0.4 is 14.4 Å². The molecule has 0 N–H and O–H groups in total. The van der Waals surface area contributed by atoms with Crippen LogP contribution in [-0.4, -0.2) is 18.6 Å². The van der Waals surface area contributed by atoms with E-state index in [2.05, 4.69) is 0 Å². The summed E-state index contributed by atoms with van der Waals surface area (Å²) >= 11 is 0. The van der Waals surface area contributed by atoms with Crippen molar-refractivity contribution in [3.8, 4) is 11.5 Å². The molecule has 118 valence electrons. The fourth-order valence-electron chi connectivity index (χ4n) is 2.83. The van der Waals surface area contributed by atoms with E-state index in [1.165, 1.54) is 24.3 Å². The Morgan fingerprint density at radius 2 is 1.87 bits per heavy atom. The summed E-state index contributed by atoms with van der Waals surface area (Å²) in [5, 5.41) is 0. The van der Waals surface area contributed by atoms with E-state index in [0.717, 1.165) is 17.0 Å². The molecular formula is C16H10F3NO3. The second-order valence-corrected chi connectivity index (χ2v) is 5.29. The predicted molar refractivity (Wildman–Crippen MR) is 74.1 cm³/mol. The standard InChI is InChI=1S/C16H10F3NO3/c17-10-3-1-2-9(6-10)14-16(18,19)15(21)20(14)11-4-5-12-13(7-11)23-8-22-12/h1-7,14H,8H2/t14-/m1/s1. The van der Waals surface area contributed by atoms with Crippen molar-refractivity contribution in [2.24, 2.45) is 0 Å². The van der Waals surface area contributed by atoms with Crippen molar-refractivity contribution in [1.82, 2.24) is 0 Å². The monoisotopic (exact) mass is 321 g/mol. The first-order valence-corrected chi connectivity index (χ1v) is 6.85. The molecule has 1 amide bonds. The molecule has 2 aliphatic rings. The molecule has 2 aliphatic heterocycles. The van der Waals surface area contributed by atoms with Crippen LogP contribution in [0.15, 0.2) is 42.5 Å². The summed E-state index contributed by atoms with van der Waals surface area (Å²) in [4.78, 5) is 12.8. The summed E-state index contributed by atoms with van der Waals surface area (Å²) < 4.78 is 51.8. The number of β-lactam (4-membered cyclic amide) rings is 1. The van der Waals surface area contributed by atoms with Crippen molar-refractivity contribution in [3.05, 3.63) is 53.8 Å². The van der Waals surface area contributed by atoms with Crippen LogP contribution >= 0.6 is 0 Å². The number of carbonyl (C=O) groups excluding carboxylic acids is 1. The zero-order valence-electron chi connectivity index (χ0n) is 11.6. The molecule has 2 aromatic rings. The molecule has 0 spiro atoms. The van der Waals surface area contributed by atoms with Crippen LogP contribution in [0.25, 0.3) is 0 Å². The van der Waals surface area contributed by atoms with Crippen molar-refractivity contribution in [1.29, 1.82) is 0 Å². The molecule has 2 aromatic carbocycles. The number of fused-ring (bicyclic) bond motifs is 1. The van der Waals surface area contributed by atoms with Gasteiger partial charge in [-0.3, -0.25) is 9.69 Å². The van der Waals surface area contributed by atoms with E-state index >= 15 is 0 Å². The van der Waals surface area contributed by atoms with E-state index in [1.807, 2.05) is 0 Å². The first-order valence-electron chi connectivity index (χ1n) is 6.85. The normalized spacial score (nSPS) is 21.3. The topological polar surface area (TPSA) is 38.8 Å². The quantitative estimate of drug-likeness (QED) is 0.797.